The summed E-state index contributed by atoms with van der Waals surface area (Å²) in [5.74, 6) is 1.52. The second-order valence-corrected chi connectivity index (χ2v) is 7.69. The van der Waals surface area contributed by atoms with E-state index in [2.05, 4.69) is 48.3 Å². The van der Waals surface area contributed by atoms with Crippen LogP contribution in [0.3, 0.4) is 0 Å². The maximum atomic E-state index is 5.83. The topological polar surface area (TPSA) is 52.1 Å². The van der Waals surface area contributed by atoms with Crippen LogP contribution in [0.4, 0.5) is 0 Å². The quantitative estimate of drug-likeness (QED) is 0.535. The van der Waals surface area contributed by atoms with E-state index in [-0.39, 0.29) is 5.60 Å². The second kappa shape index (κ2) is 9.59. The fourth-order valence-electron chi connectivity index (χ4n) is 3.36. The zero-order valence-corrected chi connectivity index (χ0v) is 16.1. The minimum atomic E-state index is -0.0756. The van der Waals surface area contributed by atoms with E-state index < -0.39 is 0 Å². The van der Waals surface area contributed by atoms with Gasteiger partial charge >= 0.3 is 0 Å². The number of guanidine groups is 1. The number of likely N-dealkylation sites (N-methyl/N-ethyl adjacent to an activating group) is 1. The molecule has 0 bridgehead atoms. The molecule has 0 aromatic carbocycles. The zero-order chi connectivity index (χ0) is 17.4. The predicted octanol–water partition coefficient (Wildman–Crippen LogP) is 0.994. The summed E-state index contributed by atoms with van der Waals surface area (Å²) in [5, 5.41) is 6.86. The summed E-state index contributed by atoms with van der Waals surface area (Å²) in [6.45, 7) is 15.9. The Morgan fingerprint density at radius 3 is 2.62 bits per heavy atom. The van der Waals surface area contributed by atoms with Gasteiger partial charge in [-0.3, -0.25) is 4.99 Å². The molecular weight excluding hydrogens is 302 g/mol. The molecule has 2 N–H and O–H groups in total. The van der Waals surface area contributed by atoms with Crippen molar-refractivity contribution in [2.75, 3.05) is 66.0 Å². The Bertz CT molecular complexity index is 387. The van der Waals surface area contributed by atoms with E-state index in [1.54, 1.807) is 0 Å². The third kappa shape index (κ3) is 6.57. The van der Waals surface area contributed by atoms with E-state index in [0.29, 0.717) is 5.92 Å². The van der Waals surface area contributed by atoms with Gasteiger partial charge in [0.05, 0.1) is 12.1 Å². The summed E-state index contributed by atoms with van der Waals surface area (Å²) in [5.41, 5.74) is -0.0756. The molecule has 0 spiro atoms. The van der Waals surface area contributed by atoms with Crippen molar-refractivity contribution >= 4 is 5.96 Å². The molecule has 6 nitrogen and oxygen atoms in total. The van der Waals surface area contributed by atoms with Crippen LogP contribution in [-0.2, 0) is 4.74 Å². The molecule has 140 valence electrons. The lowest BCUT2D eigenvalue weighted by Crippen LogP contribution is -2.47. The predicted molar refractivity (Wildman–Crippen MR) is 101 cm³/mol. The normalized spacial score (nSPS) is 28.1. The molecule has 0 radical (unpaired) electrons. The summed E-state index contributed by atoms with van der Waals surface area (Å²) in [6.07, 6.45) is 2.26. The highest BCUT2D eigenvalue weighted by Crippen LogP contribution is 2.24. The Hall–Kier alpha value is -0.850. The van der Waals surface area contributed by atoms with Crippen molar-refractivity contribution in [1.29, 1.82) is 0 Å². The van der Waals surface area contributed by atoms with E-state index >= 15 is 0 Å². The smallest absolute Gasteiger partial charge is 0.191 e. The zero-order valence-electron chi connectivity index (χ0n) is 16.1. The van der Waals surface area contributed by atoms with Gasteiger partial charge in [0.25, 0.3) is 0 Å². The van der Waals surface area contributed by atoms with E-state index in [1.165, 1.54) is 26.2 Å². The van der Waals surface area contributed by atoms with Crippen LogP contribution in [0.5, 0.6) is 0 Å². The first-order valence-corrected chi connectivity index (χ1v) is 9.58. The first-order chi connectivity index (χ1) is 11.5. The standard InChI is InChI=1S/C18H37N5O/c1-5-19-17(21-15-18(3)7-6-12-24-18)20-13-16(2)14-23-10-8-22(4)9-11-23/h16H,5-15H2,1-4H3,(H2,19,20,21). The molecule has 2 saturated heterocycles. The molecular formula is C18H37N5O. The van der Waals surface area contributed by atoms with Gasteiger partial charge in [0.1, 0.15) is 0 Å². The van der Waals surface area contributed by atoms with E-state index in [4.69, 9.17) is 9.73 Å². The molecule has 2 aliphatic rings. The van der Waals surface area contributed by atoms with Gasteiger partial charge < -0.3 is 25.2 Å². The highest BCUT2D eigenvalue weighted by molar-refractivity contribution is 5.79. The first kappa shape index (κ1) is 19.5. The van der Waals surface area contributed by atoms with Gasteiger partial charge in [0, 0.05) is 52.4 Å². The van der Waals surface area contributed by atoms with Crippen molar-refractivity contribution in [1.82, 2.24) is 20.4 Å². The highest BCUT2D eigenvalue weighted by Gasteiger charge is 2.29. The van der Waals surface area contributed by atoms with E-state index in [1.807, 2.05) is 0 Å². The first-order valence-electron chi connectivity index (χ1n) is 9.58. The number of nitrogens with one attached hydrogen (secondary N) is 2. The number of piperazine rings is 1. The van der Waals surface area contributed by atoms with Crippen molar-refractivity contribution in [2.45, 2.75) is 39.2 Å². The summed E-state index contributed by atoms with van der Waals surface area (Å²) in [7, 11) is 2.20. The average molecular weight is 340 g/mol. The lowest BCUT2D eigenvalue weighted by molar-refractivity contribution is 0.0283. The van der Waals surface area contributed by atoms with E-state index in [0.717, 1.165) is 51.6 Å². The van der Waals surface area contributed by atoms with Crippen molar-refractivity contribution in [2.24, 2.45) is 10.9 Å². The molecule has 2 atom stereocenters. The maximum Gasteiger partial charge on any atom is 0.191 e. The third-order valence-electron chi connectivity index (χ3n) is 5.00. The summed E-state index contributed by atoms with van der Waals surface area (Å²) in [6, 6.07) is 0. The molecule has 2 aliphatic heterocycles. The molecule has 0 aromatic rings. The van der Waals surface area contributed by atoms with Gasteiger partial charge in [-0.2, -0.15) is 0 Å². The van der Waals surface area contributed by atoms with Crippen molar-refractivity contribution in [3.8, 4) is 0 Å². The third-order valence-corrected chi connectivity index (χ3v) is 5.00. The molecule has 2 fully saturated rings. The van der Waals surface area contributed by atoms with Crippen LogP contribution in [0.1, 0.15) is 33.6 Å². The van der Waals surface area contributed by atoms with Crippen LogP contribution >= 0.6 is 0 Å². The molecule has 0 amide bonds. The van der Waals surface area contributed by atoms with Crippen LogP contribution in [-0.4, -0.2) is 87.4 Å². The minimum Gasteiger partial charge on any atom is -0.373 e. The number of ether oxygens (including phenoxy) is 1. The minimum absolute atomic E-state index is 0.0756. The van der Waals surface area contributed by atoms with Crippen LogP contribution in [0.15, 0.2) is 4.99 Å². The molecule has 2 rings (SSSR count). The van der Waals surface area contributed by atoms with Crippen molar-refractivity contribution in [3.05, 3.63) is 0 Å². The van der Waals surface area contributed by atoms with Crippen LogP contribution in [0.2, 0.25) is 0 Å². The largest absolute Gasteiger partial charge is 0.373 e. The van der Waals surface area contributed by atoms with Crippen molar-refractivity contribution < 1.29 is 4.74 Å². The lowest BCUT2D eigenvalue weighted by atomic mass is 10.0. The Morgan fingerprint density at radius 2 is 2.00 bits per heavy atom. The number of nitrogens with zero attached hydrogens (tertiary/aromatic N) is 3. The van der Waals surface area contributed by atoms with Gasteiger partial charge in [0.2, 0.25) is 0 Å². The van der Waals surface area contributed by atoms with Gasteiger partial charge in [-0.15, -0.1) is 0 Å². The molecule has 0 aliphatic carbocycles. The lowest BCUT2D eigenvalue weighted by Gasteiger charge is -2.34. The van der Waals surface area contributed by atoms with Crippen LogP contribution in [0, 0.1) is 5.92 Å². The Labute approximate surface area is 148 Å². The number of rotatable bonds is 7. The average Bonchev–Trinajstić information content (AvgIpc) is 2.99. The Balaban J connectivity index is 1.73. The second-order valence-electron chi connectivity index (χ2n) is 7.69. The SMILES string of the molecule is CCNC(=NCC1(C)CCCO1)NCC(C)CN1CCN(C)CC1. The Kier molecular flexibility index (Phi) is 7.78. The monoisotopic (exact) mass is 339 g/mol. The Morgan fingerprint density at radius 1 is 1.25 bits per heavy atom. The van der Waals surface area contributed by atoms with Gasteiger partial charge in [-0.05, 0) is 39.7 Å². The molecule has 2 heterocycles. The summed E-state index contributed by atoms with van der Waals surface area (Å²) >= 11 is 0. The van der Waals surface area contributed by atoms with E-state index in [9.17, 15) is 0 Å². The van der Waals surface area contributed by atoms with Crippen LogP contribution in [0.25, 0.3) is 0 Å². The number of aliphatic imine (C=N–C) groups is 1. The molecule has 0 aromatic heterocycles. The van der Waals surface area contributed by atoms with Gasteiger partial charge in [-0.1, -0.05) is 6.92 Å². The number of hydrogen-bond donors (Lipinski definition) is 2. The molecule has 24 heavy (non-hydrogen) atoms. The van der Waals surface area contributed by atoms with Crippen molar-refractivity contribution in [3.63, 3.8) is 0 Å². The fraction of sp³-hybridized carbons (Fsp3) is 0.944. The molecule has 6 heteroatoms. The number of hydrogen-bond acceptors (Lipinski definition) is 4. The van der Waals surface area contributed by atoms with Gasteiger partial charge in [-0.25, -0.2) is 0 Å². The highest BCUT2D eigenvalue weighted by atomic mass is 16.5. The molecule has 0 saturated carbocycles. The summed E-state index contributed by atoms with van der Waals surface area (Å²) < 4.78 is 5.83. The molecule has 2 unspecified atom stereocenters. The summed E-state index contributed by atoms with van der Waals surface area (Å²) in [4.78, 5) is 9.72. The maximum absolute atomic E-state index is 5.83. The van der Waals surface area contributed by atoms with Gasteiger partial charge in [0.15, 0.2) is 5.96 Å². The fourth-order valence-corrected chi connectivity index (χ4v) is 3.36. The van der Waals surface area contributed by atoms with Crippen LogP contribution < -0.4 is 10.6 Å².